The summed E-state index contributed by atoms with van der Waals surface area (Å²) in [5.41, 5.74) is 13.7. The number of amides is 2. The van der Waals surface area contributed by atoms with Crippen molar-refractivity contribution in [3.05, 3.63) is 66.2 Å². The van der Waals surface area contributed by atoms with Gasteiger partial charge in [-0.2, -0.15) is 0 Å². The first-order valence-corrected chi connectivity index (χ1v) is 10.8. The zero-order chi connectivity index (χ0) is 25.2. The first-order valence-electron chi connectivity index (χ1n) is 10.8. The van der Waals surface area contributed by atoms with Gasteiger partial charge in [-0.1, -0.05) is 37.3 Å². The van der Waals surface area contributed by atoms with Crippen molar-refractivity contribution in [2.75, 3.05) is 36.3 Å². The van der Waals surface area contributed by atoms with Crippen molar-refractivity contribution in [1.82, 2.24) is 4.98 Å². The number of benzene rings is 2. The van der Waals surface area contributed by atoms with Gasteiger partial charge in [-0.3, -0.25) is 9.69 Å². The standard InChI is InChI=1S/C24H27N7O4/c1-3-16-8-4-6-10-19(16)31(2)24(33)35-15-34-20-11-7-5-9-17(20)29-30-18-12-13-21(28-23(18)26)27-22(32)14-25/h4-13H,3,14-15,25H2,1-2H3,(H3,26,27,28,32)/b30-29+. The third-order valence-electron chi connectivity index (χ3n) is 4.89. The van der Waals surface area contributed by atoms with Gasteiger partial charge in [0.25, 0.3) is 0 Å². The lowest BCUT2D eigenvalue weighted by Gasteiger charge is -2.20. The third-order valence-corrected chi connectivity index (χ3v) is 4.89. The van der Waals surface area contributed by atoms with E-state index < -0.39 is 6.09 Å². The molecule has 3 aromatic rings. The molecule has 0 fully saturated rings. The average Bonchev–Trinajstić information content (AvgIpc) is 2.88. The van der Waals surface area contributed by atoms with Crippen molar-refractivity contribution in [3.63, 3.8) is 0 Å². The second-order valence-electron chi connectivity index (χ2n) is 7.23. The van der Waals surface area contributed by atoms with Crippen LogP contribution in [0.3, 0.4) is 0 Å². The van der Waals surface area contributed by atoms with Crippen molar-refractivity contribution in [2.24, 2.45) is 16.0 Å². The molecule has 1 aromatic heterocycles. The number of aromatic nitrogens is 1. The molecule has 2 amide bonds. The molecule has 0 saturated heterocycles. The van der Waals surface area contributed by atoms with E-state index in [1.54, 1.807) is 37.4 Å². The molecule has 3 rings (SSSR count). The Morgan fingerprint density at radius 1 is 1.03 bits per heavy atom. The number of aryl methyl sites for hydroxylation is 1. The maximum atomic E-state index is 12.5. The van der Waals surface area contributed by atoms with Crippen LogP contribution < -0.4 is 26.4 Å². The lowest BCUT2D eigenvalue weighted by atomic mass is 10.1. The lowest BCUT2D eigenvalue weighted by molar-refractivity contribution is -0.114. The molecule has 182 valence electrons. The highest BCUT2D eigenvalue weighted by Crippen LogP contribution is 2.30. The largest absolute Gasteiger partial charge is 0.455 e. The summed E-state index contributed by atoms with van der Waals surface area (Å²) in [5, 5.41) is 10.8. The van der Waals surface area contributed by atoms with E-state index in [1.165, 1.54) is 11.0 Å². The van der Waals surface area contributed by atoms with E-state index in [4.69, 9.17) is 20.9 Å². The summed E-state index contributed by atoms with van der Waals surface area (Å²) in [4.78, 5) is 29.4. The summed E-state index contributed by atoms with van der Waals surface area (Å²) in [5.74, 6) is 0.304. The topological polar surface area (TPSA) is 158 Å². The number of rotatable bonds is 9. The zero-order valence-electron chi connectivity index (χ0n) is 19.5. The van der Waals surface area contributed by atoms with Crippen LogP contribution in [0.2, 0.25) is 0 Å². The second kappa shape index (κ2) is 12.1. The molecule has 35 heavy (non-hydrogen) atoms. The Labute approximate surface area is 202 Å². The van der Waals surface area contributed by atoms with Crippen LogP contribution in [0, 0.1) is 0 Å². The molecular weight excluding hydrogens is 450 g/mol. The third kappa shape index (κ3) is 6.74. The highest BCUT2D eigenvalue weighted by atomic mass is 16.7. The number of pyridine rings is 1. The second-order valence-corrected chi connectivity index (χ2v) is 7.23. The number of azo groups is 1. The molecule has 0 aliphatic rings. The molecule has 11 heteroatoms. The highest BCUT2D eigenvalue weighted by molar-refractivity contribution is 5.91. The van der Waals surface area contributed by atoms with E-state index in [1.807, 2.05) is 31.2 Å². The van der Waals surface area contributed by atoms with E-state index >= 15 is 0 Å². The van der Waals surface area contributed by atoms with E-state index in [-0.39, 0.29) is 30.9 Å². The molecule has 0 saturated carbocycles. The predicted molar refractivity (Wildman–Crippen MR) is 133 cm³/mol. The van der Waals surface area contributed by atoms with E-state index in [2.05, 4.69) is 20.5 Å². The molecule has 0 aliphatic carbocycles. The molecule has 0 bridgehead atoms. The summed E-state index contributed by atoms with van der Waals surface area (Å²) in [6, 6.07) is 17.6. The van der Waals surface area contributed by atoms with Crippen molar-refractivity contribution in [3.8, 4) is 5.75 Å². The maximum Gasteiger partial charge on any atom is 0.416 e. The van der Waals surface area contributed by atoms with Crippen LogP contribution in [0.15, 0.2) is 70.9 Å². The molecule has 0 atom stereocenters. The van der Waals surface area contributed by atoms with Gasteiger partial charge in [0.1, 0.15) is 17.2 Å². The predicted octanol–water partition coefficient (Wildman–Crippen LogP) is 4.15. The Balaban J connectivity index is 1.63. The van der Waals surface area contributed by atoms with Gasteiger partial charge in [0.05, 0.1) is 6.54 Å². The number of nitrogens with zero attached hydrogens (tertiary/aromatic N) is 4. The van der Waals surface area contributed by atoms with Crippen LogP contribution in [0.25, 0.3) is 0 Å². The smallest absolute Gasteiger partial charge is 0.416 e. The molecule has 11 nitrogen and oxygen atoms in total. The van der Waals surface area contributed by atoms with Gasteiger partial charge in [-0.25, -0.2) is 9.78 Å². The first-order chi connectivity index (χ1) is 16.9. The molecule has 0 aliphatic heterocycles. The van der Waals surface area contributed by atoms with E-state index in [0.717, 1.165) is 17.7 Å². The fourth-order valence-corrected chi connectivity index (χ4v) is 3.06. The summed E-state index contributed by atoms with van der Waals surface area (Å²) in [6.45, 7) is 1.53. The molecule has 0 spiro atoms. The quantitative estimate of drug-likeness (QED) is 0.308. The Bertz CT molecular complexity index is 1220. The first kappa shape index (κ1) is 25.1. The van der Waals surface area contributed by atoms with E-state index in [0.29, 0.717) is 17.1 Å². The van der Waals surface area contributed by atoms with Crippen LogP contribution in [0.5, 0.6) is 5.75 Å². The Morgan fingerprint density at radius 3 is 2.49 bits per heavy atom. The average molecular weight is 478 g/mol. The van der Waals surface area contributed by atoms with Crippen molar-refractivity contribution in [1.29, 1.82) is 0 Å². The molecule has 0 radical (unpaired) electrons. The number of carbonyl (C=O) groups is 2. The fourth-order valence-electron chi connectivity index (χ4n) is 3.06. The molecular formula is C24H27N7O4. The number of hydrogen-bond acceptors (Lipinski definition) is 9. The number of nitrogens with two attached hydrogens (primary N) is 2. The fraction of sp³-hybridized carbons (Fsp3) is 0.208. The number of carbonyl (C=O) groups excluding carboxylic acids is 2. The molecule has 2 aromatic carbocycles. The van der Waals surface area contributed by atoms with Gasteiger partial charge in [-0.15, -0.1) is 10.2 Å². The minimum absolute atomic E-state index is 0.0753. The monoisotopic (exact) mass is 477 g/mol. The van der Waals surface area contributed by atoms with Crippen molar-refractivity contribution >= 4 is 40.7 Å². The Kier molecular flexibility index (Phi) is 8.68. The Morgan fingerprint density at radius 2 is 1.74 bits per heavy atom. The minimum atomic E-state index is -0.550. The molecule has 5 N–H and O–H groups in total. The SMILES string of the molecule is CCc1ccccc1N(C)C(=O)OCOc1ccccc1/N=N/c1ccc(NC(=O)CN)nc1N. The lowest BCUT2D eigenvalue weighted by Crippen LogP contribution is -2.29. The minimum Gasteiger partial charge on any atom is -0.455 e. The normalized spacial score (nSPS) is 10.7. The van der Waals surface area contributed by atoms with Gasteiger partial charge in [0.2, 0.25) is 12.7 Å². The van der Waals surface area contributed by atoms with Gasteiger partial charge in [0, 0.05) is 12.7 Å². The number of nitrogen functional groups attached to an aromatic ring is 1. The van der Waals surface area contributed by atoms with Crippen LogP contribution in [0.4, 0.5) is 33.5 Å². The molecule has 1 heterocycles. The van der Waals surface area contributed by atoms with Gasteiger partial charge >= 0.3 is 6.09 Å². The zero-order valence-corrected chi connectivity index (χ0v) is 19.5. The summed E-state index contributed by atoms with van der Waals surface area (Å²) >= 11 is 0. The van der Waals surface area contributed by atoms with Gasteiger partial charge in [-0.05, 0) is 42.3 Å². The summed E-state index contributed by atoms with van der Waals surface area (Å²) in [7, 11) is 1.64. The number of ether oxygens (including phenoxy) is 2. The summed E-state index contributed by atoms with van der Waals surface area (Å²) in [6.07, 6.45) is 0.235. The maximum absolute atomic E-state index is 12.5. The van der Waals surface area contributed by atoms with Gasteiger partial charge < -0.3 is 26.3 Å². The number of para-hydroxylation sites is 2. The number of anilines is 3. The van der Waals surface area contributed by atoms with Crippen molar-refractivity contribution < 1.29 is 19.1 Å². The van der Waals surface area contributed by atoms with Crippen LogP contribution >= 0.6 is 0 Å². The van der Waals surface area contributed by atoms with E-state index in [9.17, 15) is 9.59 Å². The van der Waals surface area contributed by atoms with Gasteiger partial charge in [0.15, 0.2) is 11.6 Å². The Hall–Kier alpha value is -4.51. The van der Waals surface area contributed by atoms with Crippen LogP contribution in [0.1, 0.15) is 12.5 Å². The highest BCUT2D eigenvalue weighted by Gasteiger charge is 2.15. The van der Waals surface area contributed by atoms with Crippen LogP contribution in [-0.2, 0) is 16.0 Å². The van der Waals surface area contributed by atoms with Crippen LogP contribution in [-0.4, -0.2) is 37.4 Å². The number of nitrogens with one attached hydrogen (secondary N) is 1. The summed E-state index contributed by atoms with van der Waals surface area (Å²) < 4.78 is 10.9. The number of hydrogen-bond donors (Lipinski definition) is 3. The van der Waals surface area contributed by atoms with Crippen molar-refractivity contribution in [2.45, 2.75) is 13.3 Å². The molecule has 0 unspecified atom stereocenters.